The highest BCUT2D eigenvalue weighted by Gasteiger charge is 2.12. The Kier molecular flexibility index (Phi) is 3.90. The lowest BCUT2D eigenvalue weighted by atomic mass is 10.1. The second kappa shape index (κ2) is 5.62. The Labute approximate surface area is 118 Å². The summed E-state index contributed by atoms with van der Waals surface area (Å²) >= 11 is 1.24. The number of aromatic carboxylic acids is 1. The average Bonchev–Trinajstić information content (AvgIpc) is 2.89. The second-order valence-corrected chi connectivity index (χ2v) is 4.82. The van der Waals surface area contributed by atoms with Crippen LogP contribution >= 0.6 is 11.3 Å². The molecule has 1 aromatic carbocycles. The maximum absolute atomic E-state index is 12.0. The molecule has 2 rings (SSSR count). The Morgan fingerprint density at radius 1 is 1.35 bits per heavy atom. The van der Waals surface area contributed by atoms with Crippen molar-refractivity contribution in [2.24, 2.45) is 0 Å². The van der Waals surface area contributed by atoms with Crippen molar-refractivity contribution < 1.29 is 19.4 Å². The third-order valence-electron chi connectivity index (χ3n) is 2.58. The fourth-order valence-corrected chi connectivity index (χ4v) is 2.29. The maximum Gasteiger partial charge on any atom is 0.335 e. The molecule has 1 amide bonds. The van der Waals surface area contributed by atoms with E-state index >= 15 is 0 Å². The molecule has 0 unspecified atom stereocenters. The molecule has 1 heterocycles. The standard InChI is InChI=1S/C13H12N2O4S/c1-19-8-5-11(20-6-8)12(16)15-10-3-2-7(13(17)18)4-9(10)14/h2-6H,14H2,1H3,(H,15,16)(H,17,18). The topological polar surface area (TPSA) is 102 Å². The third kappa shape index (κ3) is 2.89. The monoisotopic (exact) mass is 292 g/mol. The number of amides is 1. The minimum Gasteiger partial charge on any atom is -0.496 e. The van der Waals surface area contributed by atoms with Crippen LogP contribution in [0.2, 0.25) is 0 Å². The number of hydrogen-bond donors (Lipinski definition) is 3. The first kappa shape index (κ1) is 13.9. The minimum absolute atomic E-state index is 0.0679. The molecule has 7 heteroatoms. The van der Waals surface area contributed by atoms with E-state index in [4.69, 9.17) is 15.6 Å². The van der Waals surface area contributed by atoms with Gasteiger partial charge in [0.05, 0.1) is 28.9 Å². The first-order chi connectivity index (χ1) is 9.51. The van der Waals surface area contributed by atoms with Gasteiger partial charge in [0.2, 0.25) is 0 Å². The molecule has 0 fully saturated rings. The minimum atomic E-state index is -1.07. The van der Waals surface area contributed by atoms with Crippen LogP contribution in [-0.4, -0.2) is 24.1 Å². The van der Waals surface area contributed by atoms with Crippen LogP contribution in [0.3, 0.4) is 0 Å². The molecule has 0 bridgehead atoms. The number of anilines is 2. The molecular weight excluding hydrogens is 280 g/mol. The predicted octanol–water partition coefficient (Wildman–Crippen LogP) is 2.29. The summed E-state index contributed by atoms with van der Waals surface area (Å²) in [7, 11) is 1.52. The summed E-state index contributed by atoms with van der Waals surface area (Å²) in [4.78, 5) is 23.3. The smallest absolute Gasteiger partial charge is 0.335 e. The predicted molar refractivity (Wildman–Crippen MR) is 76.6 cm³/mol. The van der Waals surface area contributed by atoms with Gasteiger partial charge in [-0.15, -0.1) is 11.3 Å². The van der Waals surface area contributed by atoms with Gasteiger partial charge in [0.25, 0.3) is 5.91 Å². The van der Waals surface area contributed by atoms with Crippen molar-refractivity contribution in [3.8, 4) is 5.75 Å². The van der Waals surface area contributed by atoms with Gasteiger partial charge in [-0.1, -0.05) is 0 Å². The van der Waals surface area contributed by atoms with Gasteiger partial charge in [-0.25, -0.2) is 4.79 Å². The largest absolute Gasteiger partial charge is 0.496 e. The van der Waals surface area contributed by atoms with Gasteiger partial charge in [-0.05, 0) is 18.2 Å². The number of methoxy groups -OCH3 is 1. The van der Waals surface area contributed by atoms with E-state index in [1.54, 1.807) is 11.4 Å². The summed E-state index contributed by atoms with van der Waals surface area (Å²) in [5.74, 6) is -0.792. The van der Waals surface area contributed by atoms with Crippen molar-refractivity contribution in [1.82, 2.24) is 0 Å². The fraction of sp³-hybridized carbons (Fsp3) is 0.0769. The van der Waals surface area contributed by atoms with Crippen molar-refractivity contribution in [2.75, 3.05) is 18.2 Å². The maximum atomic E-state index is 12.0. The summed E-state index contributed by atoms with van der Waals surface area (Å²) in [6, 6.07) is 5.75. The quantitative estimate of drug-likeness (QED) is 0.750. The Morgan fingerprint density at radius 2 is 2.10 bits per heavy atom. The molecule has 1 aromatic heterocycles. The molecule has 0 saturated heterocycles. The summed E-state index contributed by atoms with van der Waals surface area (Å²) in [6.45, 7) is 0. The lowest BCUT2D eigenvalue weighted by molar-refractivity contribution is 0.0697. The van der Waals surface area contributed by atoms with Gasteiger partial charge in [0.15, 0.2) is 0 Å². The van der Waals surface area contributed by atoms with E-state index in [1.807, 2.05) is 0 Å². The Hall–Kier alpha value is -2.54. The zero-order valence-corrected chi connectivity index (χ0v) is 11.4. The Balaban J connectivity index is 2.17. The summed E-state index contributed by atoms with van der Waals surface area (Å²) in [6.07, 6.45) is 0. The molecule has 2 aromatic rings. The lowest BCUT2D eigenvalue weighted by Gasteiger charge is -2.07. The molecule has 0 spiro atoms. The van der Waals surface area contributed by atoms with E-state index in [2.05, 4.69) is 5.32 Å². The van der Waals surface area contributed by atoms with Gasteiger partial charge >= 0.3 is 5.97 Å². The first-order valence-electron chi connectivity index (χ1n) is 5.58. The third-order valence-corrected chi connectivity index (χ3v) is 3.49. The fourth-order valence-electron chi connectivity index (χ4n) is 1.54. The molecule has 0 aliphatic carbocycles. The normalized spacial score (nSPS) is 10.1. The summed E-state index contributed by atoms with van der Waals surface area (Å²) in [5.41, 5.74) is 6.35. The number of benzene rings is 1. The van der Waals surface area contributed by atoms with Gasteiger partial charge in [-0.3, -0.25) is 4.79 Å². The number of carbonyl (C=O) groups excluding carboxylic acids is 1. The number of carboxylic acid groups (broad SMARTS) is 1. The van der Waals surface area contributed by atoms with Crippen LogP contribution in [0.5, 0.6) is 5.75 Å². The molecular formula is C13H12N2O4S. The average molecular weight is 292 g/mol. The number of carbonyl (C=O) groups is 2. The second-order valence-electron chi connectivity index (χ2n) is 3.91. The van der Waals surface area contributed by atoms with Crippen molar-refractivity contribution in [1.29, 1.82) is 0 Å². The molecule has 6 nitrogen and oxygen atoms in total. The number of rotatable bonds is 4. The lowest BCUT2D eigenvalue weighted by Crippen LogP contribution is -2.12. The van der Waals surface area contributed by atoms with Crippen LogP contribution < -0.4 is 15.8 Å². The zero-order chi connectivity index (χ0) is 14.7. The Morgan fingerprint density at radius 3 is 2.65 bits per heavy atom. The van der Waals surface area contributed by atoms with E-state index in [9.17, 15) is 9.59 Å². The molecule has 0 aliphatic heterocycles. The number of hydrogen-bond acceptors (Lipinski definition) is 5. The highest BCUT2D eigenvalue weighted by molar-refractivity contribution is 7.12. The van der Waals surface area contributed by atoms with E-state index in [-0.39, 0.29) is 17.2 Å². The summed E-state index contributed by atoms with van der Waals surface area (Å²) in [5, 5.41) is 13.2. The van der Waals surface area contributed by atoms with Crippen molar-refractivity contribution in [3.63, 3.8) is 0 Å². The highest BCUT2D eigenvalue weighted by atomic mass is 32.1. The SMILES string of the molecule is COc1csc(C(=O)Nc2ccc(C(=O)O)cc2N)c1. The molecule has 0 radical (unpaired) electrons. The number of nitrogens with two attached hydrogens (primary N) is 1. The Bertz CT molecular complexity index is 666. The molecule has 4 N–H and O–H groups in total. The van der Waals surface area contributed by atoms with Crippen molar-refractivity contribution in [3.05, 3.63) is 40.1 Å². The van der Waals surface area contributed by atoms with E-state index in [0.717, 1.165) is 0 Å². The van der Waals surface area contributed by atoms with Crippen molar-refractivity contribution in [2.45, 2.75) is 0 Å². The first-order valence-corrected chi connectivity index (χ1v) is 6.46. The zero-order valence-electron chi connectivity index (χ0n) is 10.5. The van der Waals surface area contributed by atoms with Gasteiger partial charge in [0, 0.05) is 11.4 Å². The van der Waals surface area contributed by atoms with Gasteiger partial charge in [0.1, 0.15) is 5.75 Å². The number of nitrogen functional groups attached to an aromatic ring is 1. The molecule has 104 valence electrons. The number of thiophene rings is 1. The number of carboxylic acids is 1. The molecule has 0 saturated carbocycles. The van der Waals surface area contributed by atoms with Crippen LogP contribution in [-0.2, 0) is 0 Å². The van der Waals surface area contributed by atoms with Crippen LogP contribution in [0, 0.1) is 0 Å². The summed E-state index contributed by atoms with van der Waals surface area (Å²) < 4.78 is 5.00. The van der Waals surface area contributed by atoms with Crippen LogP contribution in [0.15, 0.2) is 29.6 Å². The van der Waals surface area contributed by atoms with E-state index in [1.165, 1.54) is 36.6 Å². The van der Waals surface area contributed by atoms with Crippen LogP contribution in [0.25, 0.3) is 0 Å². The number of ether oxygens (including phenoxy) is 1. The molecule has 20 heavy (non-hydrogen) atoms. The van der Waals surface area contributed by atoms with Gasteiger partial charge in [-0.2, -0.15) is 0 Å². The van der Waals surface area contributed by atoms with Crippen molar-refractivity contribution >= 4 is 34.6 Å². The molecule has 0 aliphatic rings. The van der Waals surface area contributed by atoms with Crippen LogP contribution in [0.4, 0.5) is 11.4 Å². The number of nitrogens with one attached hydrogen (secondary N) is 1. The van der Waals surface area contributed by atoms with Gasteiger partial charge < -0.3 is 20.9 Å². The van der Waals surface area contributed by atoms with Crippen LogP contribution in [0.1, 0.15) is 20.0 Å². The molecule has 0 atom stereocenters. The van der Waals surface area contributed by atoms with E-state index in [0.29, 0.717) is 16.3 Å². The van der Waals surface area contributed by atoms with E-state index < -0.39 is 5.97 Å². The highest BCUT2D eigenvalue weighted by Crippen LogP contribution is 2.24.